The molecule has 19 heavy (non-hydrogen) atoms. The van der Waals surface area contributed by atoms with Crippen molar-refractivity contribution in [3.05, 3.63) is 71.3 Å². The zero-order valence-corrected chi connectivity index (χ0v) is 11.2. The van der Waals surface area contributed by atoms with E-state index in [-0.39, 0.29) is 0 Å². The van der Waals surface area contributed by atoms with Gasteiger partial charge < -0.3 is 0 Å². The van der Waals surface area contributed by atoms with Crippen molar-refractivity contribution in [2.24, 2.45) is 9.98 Å². The molecule has 0 spiro atoms. The molecule has 2 aromatic rings. The maximum Gasteiger partial charge on any atom is 0.173 e. The van der Waals surface area contributed by atoms with Gasteiger partial charge in [0, 0.05) is 11.1 Å². The average molecular weight is 248 g/mol. The predicted octanol–water partition coefficient (Wildman–Crippen LogP) is 3.74. The largest absolute Gasteiger partial charge is 0.257 e. The van der Waals surface area contributed by atoms with Crippen LogP contribution in [0.5, 0.6) is 0 Å². The Morgan fingerprint density at radius 3 is 2.26 bits per heavy atom. The highest BCUT2D eigenvalue weighted by molar-refractivity contribution is 6.39. The Balaban J connectivity index is 1.98. The number of aryl methyl sites for hydroxylation is 1. The zero-order valence-electron chi connectivity index (χ0n) is 11.2. The lowest BCUT2D eigenvalue weighted by atomic mass is 10.0. The molecule has 0 radical (unpaired) electrons. The van der Waals surface area contributed by atoms with Crippen molar-refractivity contribution < 1.29 is 0 Å². The molecule has 1 unspecified atom stereocenters. The van der Waals surface area contributed by atoms with Crippen LogP contribution in [0.25, 0.3) is 0 Å². The Bertz CT molecular complexity index is 639. The monoisotopic (exact) mass is 248 g/mol. The smallest absolute Gasteiger partial charge is 0.173 e. The van der Waals surface area contributed by atoms with Gasteiger partial charge in [-0.05, 0) is 13.8 Å². The van der Waals surface area contributed by atoms with Gasteiger partial charge in [-0.1, -0.05) is 60.2 Å². The van der Waals surface area contributed by atoms with Crippen molar-refractivity contribution in [2.75, 3.05) is 0 Å². The molecule has 0 fully saturated rings. The minimum Gasteiger partial charge on any atom is -0.257 e. The quantitative estimate of drug-likeness (QED) is 0.773. The van der Waals surface area contributed by atoms with E-state index in [4.69, 9.17) is 4.99 Å². The Morgan fingerprint density at radius 1 is 0.895 bits per heavy atom. The lowest BCUT2D eigenvalue weighted by Crippen LogP contribution is -2.13. The molecular weight excluding hydrogens is 232 g/mol. The fourth-order valence-corrected chi connectivity index (χ4v) is 2.24. The van der Waals surface area contributed by atoms with Crippen molar-refractivity contribution >= 4 is 11.9 Å². The van der Waals surface area contributed by atoms with Gasteiger partial charge in [0.15, 0.2) is 5.66 Å². The maximum absolute atomic E-state index is 4.78. The van der Waals surface area contributed by atoms with Crippen molar-refractivity contribution in [3.63, 3.8) is 0 Å². The summed E-state index contributed by atoms with van der Waals surface area (Å²) >= 11 is 0. The Labute approximate surface area is 113 Å². The topological polar surface area (TPSA) is 24.7 Å². The molecule has 0 aliphatic carbocycles. The second kappa shape index (κ2) is 4.47. The van der Waals surface area contributed by atoms with Crippen LogP contribution < -0.4 is 0 Å². The second-order valence-corrected chi connectivity index (χ2v) is 5.01. The summed E-state index contributed by atoms with van der Waals surface area (Å²) in [4.78, 5) is 9.38. The minimum absolute atomic E-state index is 0.487. The molecule has 0 aromatic heterocycles. The molecule has 1 aliphatic heterocycles. The summed E-state index contributed by atoms with van der Waals surface area (Å²) in [5.74, 6) is 0. The number of nitrogens with zero attached hydrogens (tertiary/aromatic N) is 2. The molecular formula is C17H16N2. The van der Waals surface area contributed by atoms with E-state index >= 15 is 0 Å². The van der Waals surface area contributed by atoms with E-state index in [1.54, 1.807) is 0 Å². The molecule has 0 amide bonds. The van der Waals surface area contributed by atoms with E-state index in [9.17, 15) is 0 Å². The molecule has 1 aliphatic rings. The molecule has 3 rings (SSSR count). The van der Waals surface area contributed by atoms with Crippen LogP contribution in [-0.4, -0.2) is 11.9 Å². The SMILES string of the molecule is Cc1ccc(C2(C)N=CC(c3ccccc3)=N2)cc1. The number of hydrogen-bond donors (Lipinski definition) is 0. The third kappa shape index (κ3) is 2.22. The number of hydrogen-bond acceptors (Lipinski definition) is 2. The van der Waals surface area contributed by atoms with E-state index in [1.165, 1.54) is 5.56 Å². The maximum atomic E-state index is 4.78. The molecule has 0 saturated heterocycles. The molecule has 0 saturated carbocycles. The van der Waals surface area contributed by atoms with Gasteiger partial charge >= 0.3 is 0 Å². The Morgan fingerprint density at radius 2 is 1.58 bits per heavy atom. The van der Waals surface area contributed by atoms with E-state index in [2.05, 4.69) is 48.3 Å². The highest BCUT2D eigenvalue weighted by atomic mass is 15.1. The van der Waals surface area contributed by atoms with Gasteiger partial charge in [-0.2, -0.15) is 0 Å². The van der Waals surface area contributed by atoms with Gasteiger partial charge in [0.25, 0.3) is 0 Å². The summed E-state index contributed by atoms with van der Waals surface area (Å²) in [6.45, 7) is 4.13. The van der Waals surface area contributed by atoms with Gasteiger partial charge in [0.1, 0.15) is 0 Å². The van der Waals surface area contributed by atoms with E-state index in [0.29, 0.717) is 0 Å². The standard InChI is InChI=1S/C17H16N2/c1-13-8-10-15(11-9-13)17(2)18-12-16(19-17)14-6-4-3-5-7-14/h3-12H,1-2H3. The van der Waals surface area contributed by atoms with Gasteiger partial charge in [0.2, 0.25) is 0 Å². The fraction of sp³-hybridized carbons (Fsp3) is 0.176. The first kappa shape index (κ1) is 11.8. The van der Waals surface area contributed by atoms with Crippen LogP contribution in [-0.2, 0) is 5.66 Å². The summed E-state index contributed by atoms with van der Waals surface area (Å²) < 4.78 is 0. The lowest BCUT2D eigenvalue weighted by molar-refractivity contribution is 0.542. The van der Waals surface area contributed by atoms with Crippen LogP contribution in [0.1, 0.15) is 23.6 Å². The minimum atomic E-state index is -0.487. The zero-order chi connectivity index (χ0) is 13.3. The van der Waals surface area contributed by atoms with E-state index in [0.717, 1.165) is 16.8 Å². The van der Waals surface area contributed by atoms with Crippen LogP contribution in [0, 0.1) is 6.92 Å². The van der Waals surface area contributed by atoms with Crippen molar-refractivity contribution in [3.8, 4) is 0 Å². The highest BCUT2D eigenvalue weighted by Gasteiger charge is 2.28. The van der Waals surface area contributed by atoms with Crippen molar-refractivity contribution in [1.82, 2.24) is 0 Å². The third-order valence-corrected chi connectivity index (χ3v) is 3.44. The summed E-state index contributed by atoms with van der Waals surface area (Å²) in [6, 6.07) is 18.6. The van der Waals surface area contributed by atoms with Crippen LogP contribution in [0.4, 0.5) is 0 Å². The number of benzene rings is 2. The summed E-state index contributed by atoms with van der Waals surface area (Å²) in [5.41, 5.74) is 3.95. The summed E-state index contributed by atoms with van der Waals surface area (Å²) in [6.07, 6.45) is 1.87. The van der Waals surface area contributed by atoms with Crippen LogP contribution in [0.15, 0.2) is 64.6 Å². The van der Waals surface area contributed by atoms with Gasteiger partial charge in [-0.15, -0.1) is 0 Å². The number of rotatable bonds is 2. The molecule has 0 bridgehead atoms. The van der Waals surface area contributed by atoms with Crippen LogP contribution in [0.3, 0.4) is 0 Å². The molecule has 2 heteroatoms. The van der Waals surface area contributed by atoms with E-state index < -0.39 is 5.66 Å². The third-order valence-electron chi connectivity index (χ3n) is 3.44. The van der Waals surface area contributed by atoms with Crippen molar-refractivity contribution in [1.29, 1.82) is 0 Å². The van der Waals surface area contributed by atoms with E-state index in [1.807, 2.05) is 31.3 Å². The molecule has 1 atom stereocenters. The summed E-state index contributed by atoms with van der Waals surface area (Å²) in [7, 11) is 0. The first-order chi connectivity index (χ1) is 9.17. The van der Waals surface area contributed by atoms with Crippen LogP contribution >= 0.6 is 0 Å². The van der Waals surface area contributed by atoms with Crippen LogP contribution in [0.2, 0.25) is 0 Å². The highest BCUT2D eigenvalue weighted by Crippen LogP contribution is 2.31. The normalized spacial score (nSPS) is 21.5. The first-order valence-electron chi connectivity index (χ1n) is 6.45. The van der Waals surface area contributed by atoms with Gasteiger partial charge in [0.05, 0.1) is 11.9 Å². The predicted molar refractivity (Wildman–Crippen MR) is 80.0 cm³/mol. The lowest BCUT2D eigenvalue weighted by Gasteiger charge is -2.18. The number of aliphatic imine (C=N–C) groups is 2. The molecule has 94 valence electrons. The Hall–Kier alpha value is -2.22. The van der Waals surface area contributed by atoms with Crippen molar-refractivity contribution in [2.45, 2.75) is 19.5 Å². The summed E-state index contributed by atoms with van der Waals surface area (Å²) in [5, 5.41) is 0. The van der Waals surface area contributed by atoms with Gasteiger partial charge in [-0.25, -0.2) is 4.99 Å². The Kier molecular flexibility index (Phi) is 2.79. The first-order valence-corrected chi connectivity index (χ1v) is 6.45. The average Bonchev–Trinajstić information content (AvgIpc) is 2.84. The van der Waals surface area contributed by atoms with Gasteiger partial charge in [-0.3, -0.25) is 4.99 Å². The molecule has 1 heterocycles. The molecule has 2 nitrogen and oxygen atoms in total. The fourth-order valence-electron chi connectivity index (χ4n) is 2.24. The molecule has 2 aromatic carbocycles. The second-order valence-electron chi connectivity index (χ2n) is 5.01. The molecule has 0 N–H and O–H groups in total.